The molecule has 33 heavy (non-hydrogen) atoms. The Morgan fingerprint density at radius 2 is 1.67 bits per heavy atom. The third-order valence-electron chi connectivity index (χ3n) is 6.42. The third kappa shape index (κ3) is 4.59. The molecule has 4 rings (SSSR count). The Kier molecular flexibility index (Phi) is 6.42. The molecule has 0 radical (unpaired) electrons. The van der Waals surface area contributed by atoms with Crippen LogP contribution in [0, 0.1) is 17.5 Å². The maximum atomic E-state index is 14.1. The minimum absolute atomic E-state index is 0.116. The highest BCUT2D eigenvalue weighted by molar-refractivity contribution is 5.77. The van der Waals surface area contributed by atoms with Crippen molar-refractivity contribution in [3.05, 3.63) is 95.3 Å². The lowest BCUT2D eigenvalue weighted by molar-refractivity contribution is 0.110. The fraction of sp³-hybridized carbons (Fsp3) is 0.269. The summed E-state index contributed by atoms with van der Waals surface area (Å²) < 4.78 is 40.7. The van der Waals surface area contributed by atoms with E-state index in [2.05, 4.69) is 5.32 Å². The molecule has 2 N–H and O–H groups in total. The standard InChI is InChI=1S/C26H25F3N2O2/c1-17(18-2-4-19(5-3-18)23-11-10-22(28)16-24(23)29)31-14-12-26(13-15-32,30-25(31)33)20-6-8-21(27)9-7-20/h2-11,16-17,32H,12-15H2,1H3,(H,30,33)/t17-,26-/m0/s1. The maximum Gasteiger partial charge on any atom is 0.318 e. The monoisotopic (exact) mass is 454 g/mol. The summed E-state index contributed by atoms with van der Waals surface area (Å²) in [5.74, 6) is -1.62. The molecular formula is C26H25F3N2O2. The smallest absolute Gasteiger partial charge is 0.318 e. The van der Waals surface area contributed by atoms with Crippen molar-refractivity contribution in [3.8, 4) is 11.1 Å². The van der Waals surface area contributed by atoms with Gasteiger partial charge in [0.2, 0.25) is 0 Å². The van der Waals surface area contributed by atoms with E-state index in [9.17, 15) is 23.1 Å². The largest absolute Gasteiger partial charge is 0.396 e. The van der Waals surface area contributed by atoms with Crippen LogP contribution in [0.1, 0.15) is 36.9 Å². The number of benzene rings is 3. The predicted molar refractivity (Wildman–Crippen MR) is 120 cm³/mol. The molecule has 0 aliphatic carbocycles. The Bertz CT molecular complexity index is 1140. The summed E-state index contributed by atoms with van der Waals surface area (Å²) in [7, 11) is 0. The lowest BCUT2D eigenvalue weighted by Gasteiger charge is -2.45. The van der Waals surface area contributed by atoms with Gasteiger partial charge in [0, 0.05) is 24.8 Å². The Labute approximate surface area is 190 Å². The second-order valence-electron chi connectivity index (χ2n) is 8.36. The molecular weight excluding hydrogens is 429 g/mol. The van der Waals surface area contributed by atoms with Crippen molar-refractivity contribution < 1.29 is 23.1 Å². The fourth-order valence-electron chi connectivity index (χ4n) is 4.47. The van der Waals surface area contributed by atoms with E-state index in [1.54, 1.807) is 29.2 Å². The number of nitrogens with one attached hydrogen (secondary N) is 1. The molecule has 172 valence electrons. The highest BCUT2D eigenvalue weighted by atomic mass is 19.1. The van der Waals surface area contributed by atoms with E-state index in [1.807, 2.05) is 19.1 Å². The molecule has 1 heterocycles. The first-order chi connectivity index (χ1) is 15.8. The van der Waals surface area contributed by atoms with E-state index in [-0.39, 0.29) is 24.5 Å². The normalized spacial score (nSPS) is 19.3. The van der Waals surface area contributed by atoms with Crippen molar-refractivity contribution in [2.24, 2.45) is 0 Å². The van der Waals surface area contributed by atoms with E-state index < -0.39 is 17.2 Å². The van der Waals surface area contributed by atoms with Crippen LogP contribution in [0.4, 0.5) is 18.0 Å². The van der Waals surface area contributed by atoms with Crippen LogP contribution >= 0.6 is 0 Å². The number of hydrogen-bond acceptors (Lipinski definition) is 2. The molecule has 1 saturated heterocycles. The number of carbonyl (C=O) groups is 1. The molecule has 1 aliphatic rings. The first kappa shape index (κ1) is 22.9. The molecule has 3 aromatic carbocycles. The number of rotatable bonds is 6. The summed E-state index contributed by atoms with van der Waals surface area (Å²) in [6.07, 6.45) is 0.874. The van der Waals surface area contributed by atoms with Crippen LogP contribution in [0.25, 0.3) is 11.1 Å². The summed E-state index contributed by atoms with van der Waals surface area (Å²) in [6, 6.07) is 16.1. The van der Waals surface area contributed by atoms with Gasteiger partial charge in [-0.1, -0.05) is 36.4 Å². The average Bonchev–Trinajstić information content (AvgIpc) is 2.79. The van der Waals surface area contributed by atoms with Gasteiger partial charge in [0.25, 0.3) is 0 Å². The molecule has 1 aliphatic heterocycles. The summed E-state index contributed by atoms with van der Waals surface area (Å²) in [5.41, 5.74) is 1.78. The van der Waals surface area contributed by atoms with Gasteiger partial charge in [-0.05, 0) is 60.7 Å². The van der Waals surface area contributed by atoms with E-state index in [0.717, 1.165) is 17.2 Å². The van der Waals surface area contributed by atoms with Gasteiger partial charge >= 0.3 is 6.03 Å². The van der Waals surface area contributed by atoms with Gasteiger partial charge in [0.05, 0.1) is 11.6 Å². The summed E-state index contributed by atoms with van der Waals surface area (Å²) in [6.45, 7) is 2.23. The van der Waals surface area contributed by atoms with Crippen molar-refractivity contribution in [3.63, 3.8) is 0 Å². The van der Waals surface area contributed by atoms with Gasteiger partial charge in [-0.25, -0.2) is 18.0 Å². The molecule has 1 fully saturated rings. The Hall–Kier alpha value is -3.32. The number of urea groups is 1. The first-order valence-electron chi connectivity index (χ1n) is 10.8. The first-order valence-corrected chi connectivity index (χ1v) is 10.8. The SMILES string of the molecule is C[C@@H](c1ccc(-c2ccc(F)cc2F)cc1)N1CC[C@](CCO)(c2ccc(F)cc2)NC1=O. The van der Waals surface area contributed by atoms with Crippen LogP contribution in [-0.4, -0.2) is 29.2 Å². The molecule has 0 spiro atoms. The van der Waals surface area contributed by atoms with Crippen molar-refractivity contribution in [2.45, 2.75) is 31.3 Å². The van der Waals surface area contributed by atoms with Crippen LogP contribution < -0.4 is 5.32 Å². The molecule has 7 heteroatoms. The van der Waals surface area contributed by atoms with E-state index in [1.165, 1.54) is 24.3 Å². The number of aliphatic hydroxyl groups excluding tert-OH is 1. The topological polar surface area (TPSA) is 52.6 Å². The highest BCUT2D eigenvalue weighted by Crippen LogP contribution is 2.35. The van der Waals surface area contributed by atoms with Crippen molar-refractivity contribution >= 4 is 6.03 Å². The highest BCUT2D eigenvalue weighted by Gasteiger charge is 2.40. The van der Waals surface area contributed by atoms with Crippen LogP contribution in [0.3, 0.4) is 0 Å². The van der Waals surface area contributed by atoms with Gasteiger partial charge in [0.15, 0.2) is 0 Å². The lowest BCUT2D eigenvalue weighted by Crippen LogP contribution is -2.58. The molecule has 0 saturated carbocycles. The van der Waals surface area contributed by atoms with Crippen molar-refractivity contribution in [2.75, 3.05) is 13.2 Å². The zero-order chi connectivity index (χ0) is 23.6. The molecule has 3 aromatic rings. The maximum absolute atomic E-state index is 14.1. The van der Waals surface area contributed by atoms with Crippen LogP contribution in [0.2, 0.25) is 0 Å². The Morgan fingerprint density at radius 1 is 1.00 bits per heavy atom. The van der Waals surface area contributed by atoms with Crippen molar-refractivity contribution in [1.82, 2.24) is 10.2 Å². The summed E-state index contributed by atoms with van der Waals surface area (Å²) >= 11 is 0. The molecule has 0 unspecified atom stereocenters. The molecule has 2 atom stereocenters. The number of hydrogen-bond donors (Lipinski definition) is 2. The van der Waals surface area contributed by atoms with Gasteiger partial charge in [-0.3, -0.25) is 0 Å². The molecule has 0 aromatic heterocycles. The second-order valence-corrected chi connectivity index (χ2v) is 8.36. The number of halogens is 3. The van der Waals surface area contributed by atoms with E-state index in [4.69, 9.17) is 0 Å². The zero-order valence-corrected chi connectivity index (χ0v) is 18.2. The second kappa shape index (κ2) is 9.27. The quantitative estimate of drug-likeness (QED) is 0.515. The number of amides is 2. The van der Waals surface area contributed by atoms with Crippen LogP contribution in [-0.2, 0) is 5.54 Å². The van der Waals surface area contributed by atoms with Crippen LogP contribution in [0.15, 0.2) is 66.7 Å². The lowest BCUT2D eigenvalue weighted by atomic mass is 9.82. The number of nitrogens with zero attached hydrogens (tertiary/aromatic N) is 1. The number of carbonyl (C=O) groups excluding carboxylic acids is 1. The summed E-state index contributed by atoms with van der Waals surface area (Å²) in [5, 5.41) is 12.6. The predicted octanol–water partition coefficient (Wildman–Crippen LogP) is 5.53. The molecule has 0 bridgehead atoms. The van der Waals surface area contributed by atoms with Gasteiger partial charge in [-0.2, -0.15) is 0 Å². The van der Waals surface area contributed by atoms with Gasteiger partial charge in [-0.15, -0.1) is 0 Å². The minimum Gasteiger partial charge on any atom is -0.396 e. The van der Waals surface area contributed by atoms with Crippen molar-refractivity contribution in [1.29, 1.82) is 0 Å². The van der Waals surface area contributed by atoms with E-state index >= 15 is 0 Å². The number of aliphatic hydroxyl groups is 1. The fourth-order valence-corrected chi connectivity index (χ4v) is 4.47. The third-order valence-corrected chi connectivity index (χ3v) is 6.42. The minimum atomic E-state index is -0.764. The average molecular weight is 454 g/mol. The Morgan fingerprint density at radius 3 is 2.27 bits per heavy atom. The van der Waals surface area contributed by atoms with Crippen LogP contribution in [0.5, 0.6) is 0 Å². The Balaban J connectivity index is 1.52. The molecule has 2 amide bonds. The van der Waals surface area contributed by atoms with E-state index in [0.29, 0.717) is 30.5 Å². The van der Waals surface area contributed by atoms with Gasteiger partial charge < -0.3 is 15.3 Å². The molecule has 4 nitrogen and oxygen atoms in total. The summed E-state index contributed by atoms with van der Waals surface area (Å²) in [4.78, 5) is 14.8. The van der Waals surface area contributed by atoms with Gasteiger partial charge in [0.1, 0.15) is 17.5 Å². The zero-order valence-electron chi connectivity index (χ0n) is 18.2.